The fourth-order valence-corrected chi connectivity index (χ4v) is 3.83. The number of carbonyl (C=O) groups excluding carboxylic acids is 1. The van der Waals surface area contributed by atoms with Gasteiger partial charge in [0.2, 0.25) is 0 Å². The Morgan fingerprint density at radius 2 is 1.18 bits per heavy atom. The lowest BCUT2D eigenvalue weighted by Crippen LogP contribution is -2.03. The Morgan fingerprint density at radius 3 is 1.75 bits per heavy atom. The Balaban J connectivity index is 1.60. The maximum atomic E-state index is 12.4. The minimum Gasteiger partial charge on any atom is -0.294 e. The summed E-state index contributed by atoms with van der Waals surface area (Å²) in [6.07, 6.45) is 15.3. The number of aryl methyl sites for hydroxylation is 1. The molecule has 0 N–H and O–H groups in total. The molecule has 1 nitrogen and oxygen atoms in total. The van der Waals surface area contributed by atoms with Gasteiger partial charge in [0.05, 0.1) is 0 Å². The zero-order valence-electron chi connectivity index (χ0n) is 17.4. The molecule has 0 heterocycles. The standard InChI is InChI=1S/C26H35BrO/c1-2-3-4-5-6-7-8-9-10-11-12-22-13-17-24(18-14-22)26(28)21-23-15-19-25(27)20-16-23/h13-20H,2-12,21H2,1H3. The lowest BCUT2D eigenvalue weighted by atomic mass is 9.99. The molecule has 0 aliphatic heterocycles. The monoisotopic (exact) mass is 442 g/mol. The van der Waals surface area contributed by atoms with E-state index in [9.17, 15) is 4.79 Å². The molecule has 28 heavy (non-hydrogen) atoms. The van der Waals surface area contributed by atoms with Crippen LogP contribution in [0.4, 0.5) is 0 Å². The van der Waals surface area contributed by atoms with Gasteiger partial charge in [0.15, 0.2) is 5.78 Å². The zero-order chi connectivity index (χ0) is 20.0. The number of halogens is 1. The van der Waals surface area contributed by atoms with E-state index in [1.165, 1.54) is 69.8 Å². The average Bonchev–Trinajstić information content (AvgIpc) is 2.71. The van der Waals surface area contributed by atoms with E-state index in [2.05, 4.69) is 35.0 Å². The molecule has 0 spiro atoms. The van der Waals surface area contributed by atoms with Crippen molar-refractivity contribution >= 4 is 21.7 Å². The Morgan fingerprint density at radius 1 is 0.679 bits per heavy atom. The second-order valence-corrected chi connectivity index (χ2v) is 8.77. The Kier molecular flexibility index (Phi) is 11.2. The highest BCUT2D eigenvalue weighted by molar-refractivity contribution is 9.10. The van der Waals surface area contributed by atoms with Crippen LogP contribution in [0.25, 0.3) is 0 Å². The molecule has 0 saturated carbocycles. The van der Waals surface area contributed by atoms with E-state index in [-0.39, 0.29) is 5.78 Å². The van der Waals surface area contributed by atoms with Crippen LogP contribution in [0.1, 0.15) is 92.6 Å². The fraction of sp³-hybridized carbons (Fsp3) is 0.500. The number of hydrogen-bond acceptors (Lipinski definition) is 1. The van der Waals surface area contributed by atoms with Gasteiger partial charge >= 0.3 is 0 Å². The zero-order valence-corrected chi connectivity index (χ0v) is 19.0. The molecule has 2 heteroatoms. The minimum absolute atomic E-state index is 0.188. The van der Waals surface area contributed by atoms with Crippen LogP contribution in [0.2, 0.25) is 0 Å². The van der Waals surface area contributed by atoms with E-state index in [1.807, 2.05) is 36.4 Å². The number of Topliss-reactive ketones (excluding diaryl/α,β-unsaturated/α-hetero) is 1. The lowest BCUT2D eigenvalue weighted by Gasteiger charge is -2.05. The number of benzene rings is 2. The highest BCUT2D eigenvalue weighted by Gasteiger charge is 2.07. The third-order valence-corrected chi connectivity index (χ3v) is 5.90. The first-order valence-corrected chi connectivity index (χ1v) is 11.8. The molecule has 2 aromatic carbocycles. The number of rotatable bonds is 14. The van der Waals surface area contributed by atoms with Gasteiger partial charge in [-0.2, -0.15) is 0 Å². The van der Waals surface area contributed by atoms with Crippen LogP contribution < -0.4 is 0 Å². The molecular weight excluding hydrogens is 408 g/mol. The van der Waals surface area contributed by atoms with Gasteiger partial charge in [-0.3, -0.25) is 4.79 Å². The minimum atomic E-state index is 0.188. The summed E-state index contributed by atoms with van der Waals surface area (Å²) in [5.41, 5.74) is 3.22. The molecule has 0 bridgehead atoms. The van der Waals surface area contributed by atoms with Gasteiger partial charge in [0.1, 0.15) is 0 Å². The molecule has 0 aromatic heterocycles. The SMILES string of the molecule is CCCCCCCCCCCCc1ccc(C(=O)Cc2ccc(Br)cc2)cc1. The highest BCUT2D eigenvalue weighted by Crippen LogP contribution is 2.15. The average molecular weight is 443 g/mol. The summed E-state index contributed by atoms with van der Waals surface area (Å²) in [6, 6.07) is 16.2. The second-order valence-electron chi connectivity index (χ2n) is 7.86. The largest absolute Gasteiger partial charge is 0.294 e. The summed E-state index contributed by atoms with van der Waals surface area (Å²) in [5, 5.41) is 0. The maximum absolute atomic E-state index is 12.4. The van der Waals surface area contributed by atoms with Gasteiger partial charge < -0.3 is 0 Å². The molecule has 2 aromatic rings. The van der Waals surface area contributed by atoms with Gasteiger partial charge in [-0.15, -0.1) is 0 Å². The molecule has 0 aliphatic carbocycles. The molecule has 0 radical (unpaired) electrons. The summed E-state index contributed by atoms with van der Waals surface area (Å²) < 4.78 is 1.04. The lowest BCUT2D eigenvalue weighted by molar-refractivity contribution is 0.0993. The molecule has 152 valence electrons. The quantitative estimate of drug-likeness (QED) is 0.212. The predicted octanol–water partition coefficient (Wildman–Crippen LogP) is 8.34. The number of hydrogen-bond donors (Lipinski definition) is 0. The Bertz CT molecular complexity index is 673. The van der Waals surface area contributed by atoms with Crippen LogP contribution >= 0.6 is 15.9 Å². The van der Waals surface area contributed by atoms with Crippen LogP contribution in [0.3, 0.4) is 0 Å². The van der Waals surface area contributed by atoms with Gasteiger partial charge in [0, 0.05) is 16.5 Å². The van der Waals surface area contributed by atoms with Crippen molar-refractivity contribution in [1.82, 2.24) is 0 Å². The van der Waals surface area contributed by atoms with Crippen LogP contribution in [-0.4, -0.2) is 5.78 Å². The summed E-state index contributed by atoms with van der Waals surface area (Å²) in [5.74, 6) is 0.188. The van der Waals surface area contributed by atoms with Crippen LogP contribution in [0.5, 0.6) is 0 Å². The van der Waals surface area contributed by atoms with E-state index in [0.717, 1.165) is 22.0 Å². The first-order chi connectivity index (χ1) is 13.7. The summed E-state index contributed by atoms with van der Waals surface area (Å²) in [4.78, 5) is 12.4. The van der Waals surface area contributed by atoms with Gasteiger partial charge in [-0.25, -0.2) is 0 Å². The van der Waals surface area contributed by atoms with Gasteiger partial charge in [-0.05, 0) is 36.1 Å². The van der Waals surface area contributed by atoms with Crippen molar-refractivity contribution in [2.45, 2.75) is 84.0 Å². The maximum Gasteiger partial charge on any atom is 0.167 e. The van der Waals surface area contributed by atoms with Crippen molar-refractivity contribution in [3.05, 3.63) is 69.7 Å². The van der Waals surface area contributed by atoms with Gasteiger partial charge in [-0.1, -0.05) is 117 Å². The first-order valence-electron chi connectivity index (χ1n) is 11.1. The molecular formula is C26H35BrO. The van der Waals surface area contributed by atoms with E-state index >= 15 is 0 Å². The van der Waals surface area contributed by atoms with Crippen molar-refractivity contribution < 1.29 is 4.79 Å². The summed E-state index contributed by atoms with van der Waals surface area (Å²) in [7, 11) is 0. The number of unbranched alkanes of at least 4 members (excludes halogenated alkanes) is 9. The van der Waals surface area contributed by atoms with E-state index in [0.29, 0.717) is 6.42 Å². The molecule has 0 amide bonds. The van der Waals surface area contributed by atoms with Crippen LogP contribution in [0.15, 0.2) is 53.0 Å². The Hall–Kier alpha value is -1.41. The first kappa shape index (κ1) is 22.9. The molecule has 2 rings (SSSR count). The van der Waals surface area contributed by atoms with E-state index in [4.69, 9.17) is 0 Å². The Labute approximate surface area is 180 Å². The summed E-state index contributed by atoms with van der Waals surface area (Å²) in [6.45, 7) is 2.27. The predicted molar refractivity (Wildman–Crippen MR) is 124 cm³/mol. The van der Waals surface area contributed by atoms with Crippen molar-refractivity contribution in [2.24, 2.45) is 0 Å². The summed E-state index contributed by atoms with van der Waals surface area (Å²) >= 11 is 3.43. The molecule has 0 unspecified atom stereocenters. The third kappa shape index (κ3) is 9.19. The molecule has 0 fully saturated rings. The second kappa shape index (κ2) is 13.7. The van der Waals surface area contributed by atoms with Crippen molar-refractivity contribution in [2.75, 3.05) is 0 Å². The third-order valence-electron chi connectivity index (χ3n) is 5.37. The van der Waals surface area contributed by atoms with Crippen molar-refractivity contribution in [3.63, 3.8) is 0 Å². The van der Waals surface area contributed by atoms with Crippen LogP contribution in [-0.2, 0) is 12.8 Å². The van der Waals surface area contributed by atoms with Gasteiger partial charge in [0.25, 0.3) is 0 Å². The number of ketones is 1. The molecule has 0 saturated heterocycles. The smallest absolute Gasteiger partial charge is 0.167 e. The van der Waals surface area contributed by atoms with E-state index in [1.54, 1.807) is 0 Å². The number of carbonyl (C=O) groups is 1. The van der Waals surface area contributed by atoms with E-state index < -0.39 is 0 Å². The molecule has 0 aliphatic rings. The molecule has 0 atom stereocenters. The fourth-order valence-electron chi connectivity index (χ4n) is 3.56. The normalized spacial score (nSPS) is 10.9. The van der Waals surface area contributed by atoms with Crippen molar-refractivity contribution in [1.29, 1.82) is 0 Å². The van der Waals surface area contributed by atoms with Crippen molar-refractivity contribution in [3.8, 4) is 0 Å². The highest BCUT2D eigenvalue weighted by atomic mass is 79.9. The van der Waals surface area contributed by atoms with Crippen LogP contribution in [0, 0.1) is 0 Å². The topological polar surface area (TPSA) is 17.1 Å².